The number of hydrogen-bond acceptors (Lipinski definition) is 3. The molecule has 27 heavy (non-hydrogen) atoms. The molecule has 0 bridgehead atoms. The molecule has 0 saturated heterocycles. The van der Waals surface area contributed by atoms with Crippen LogP contribution in [0.4, 0.5) is 16.2 Å². The predicted octanol–water partition coefficient (Wildman–Crippen LogP) is 4.21. The Bertz CT molecular complexity index is 1010. The van der Waals surface area contributed by atoms with E-state index in [0.717, 1.165) is 17.1 Å². The fourth-order valence-electron chi connectivity index (χ4n) is 3.27. The molecule has 0 fully saturated rings. The number of nitrogens with zero attached hydrogens (tertiary/aromatic N) is 2. The molecule has 4 rings (SSSR count). The summed E-state index contributed by atoms with van der Waals surface area (Å²) >= 11 is 0. The average Bonchev–Trinajstić information content (AvgIpc) is 3.17. The van der Waals surface area contributed by atoms with E-state index in [-0.39, 0.29) is 12.6 Å². The summed E-state index contributed by atoms with van der Waals surface area (Å²) in [6.07, 6.45) is 1.99. The molecule has 2 amide bonds. The van der Waals surface area contributed by atoms with Crippen LogP contribution in [0.25, 0.3) is 5.69 Å². The number of carbonyl (C=O) groups excluding carboxylic acids is 2. The fourth-order valence-corrected chi connectivity index (χ4v) is 3.27. The zero-order chi connectivity index (χ0) is 18.8. The second-order valence-electron chi connectivity index (χ2n) is 6.14. The molecule has 1 aromatic heterocycles. The quantitative estimate of drug-likeness (QED) is 0.711. The van der Waals surface area contributed by atoms with Gasteiger partial charge in [-0.05, 0) is 43.3 Å². The number of ether oxygens (including phenoxy) is 1. The smallest absolute Gasteiger partial charge is 0.340 e. The Morgan fingerprint density at radius 1 is 1.00 bits per heavy atom. The molecule has 0 aliphatic carbocycles. The van der Waals surface area contributed by atoms with Crippen LogP contribution in [0, 0.1) is 0 Å². The van der Waals surface area contributed by atoms with Crippen LogP contribution in [0.1, 0.15) is 23.0 Å². The molecule has 0 spiro atoms. The normalized spacial score (nSPS) is 12.1. The van der Waals surface area contributed by atoms with Crippen LogP contribution in [0.15, 0.2) is 66.9 Å². The highest BCUT2D eigenvalue weighted by molar-refractivity contribution is 6.07. The topological polar surface area (TPSA) is 63.6 Å². The molecule has 1 N–H and O–H groups in total. The maximum atomic E-state index is 13.0. The summed E-state index contributed by atoms with van der Waals surface area (Å²) in [6.45, 7) is 2.47. The number of esters is 1. The van der Waals surface area contributed by atoms with E-state index in [2.05, 4.69) is 9.88 Å². The van der Waals surface area contributed by atoms with Crippen molar-refractivity contribution in [2.24, 2.45) is 0 Å². The molecule has 0 atom stereocenters. The largest absolute Gasteiger partial charge is 0.462 e. The van der Waals surface area contributed by atoms with Crippen LogP contribution < -0.4 is 10.2 Å². The SMILES string of the molecule is CCOC(=O)c1ccccc1NC(=O)N1Cc2cccn2-c2ccccc21. The Kier molecular flexibility index (Phi) is 4.38. The van der Waals surface area contributed by atoms with Gasteiger partial charge in [0.15, 0.2) is 0 Å². The number of para-hydroxylation sites is 3. The van der Waals surface area contributed by atoms with E-state index < -0.39 is 5.97 Å². The van der Waals surface area contributed by atoms with Crippen molar-refractivity contribution >= 4 is 23.4 Å². The number of amides is 2. The number of nitrogens with one attached hydrogen (secondary N) is 1. The molecule has 0 radical (unpaired) electrons. The van der Waals surface area contributed by atoms with Crippen molar-refractivity contribution in [3.8, 4) is 5.69 Å². The zero-order valence-corrected chi connectivity index (χ0v) is 14.9. The summed E-state index contributed by atoms with van der Waals surface area (Å²) in [5, 5.41) is 2.86. The van der Waals surface area contributed by atoms with Gasteiger partial charge in [0.25, 0.3) is 0 Å². The van der Waals surface area contributed by atoms with E-state index in [4.69, 9.17) is 4.74 Å². The van der Waals surface area contributed by atoms with E-state index in [1.54, 1.807) is 36.1 Å². The third-order valence-electron chi connectivity index (χ3n) is 4.49. The third-order valence-corrected chi connectivity index (χ3v) is 4.49. The second-order valence-corrected chi connectivity index (χ2v) is 6.14. The molecule has 1 aliphatic rings. The standard InChI is InChI=1S/C21H19N3O3/c1-2-27-20(25)16-9-3-4-10-17(16)22-21(26)24-14-15-8-7-13-23(15)18-11-5-6-12-19(18)24/h3-13H,2,14H2,1H3,(H,22,26). The van der Waals surface area contributed by atoms with Gasteiger partial charge in [-0.15, -0.1) is 0 Å². The summed E-state index contributed by atoms with van der Waals surface area (Å²) in [7, 11) is 0. The van der Waals surface area contributed by atoms with Crippen molar-refractivity contribution in [3.05, 3.63) is 78.1 Å². The Morgan fingerprint density at radius 3 is 2.56 bits per heavy atom. The lowest BCUT2D eigenvalue weighted by molar-refractivity contribution is 0.0527. The third kappa shape index (κ3) is 3.06. The lowest BCUT2D eigenvalue weighted by Gasteiger charge is -2.31. The first-order valence-electron chi connectivity index (χ1n) is 8.79. The first kappa shape index (κ1) is 16.9. The first-order chi connectivity index (χ1) is 13.2. The van der Waals surface area contributed by atoms with Crippen molar-refractivity contribution in [2.75, 3.05) is 16.8 Å². The van der Waals surface area contributed by atoms with Gasteiger partial charge in [0.2, 0.25) is 0 Å². The Balaban J connectivity index is 1.65. The number of fused-ring (bicyclic) bond motifs is 3. The van der Waals surface area contributed by atoms with Gasteiger partial charge in [0.1, 0.15) is 0 Å². The molecular weight excluding hydrogens is 342 g/mol. The van der Waals surface area contributed by atoms with E-state index in [9.17, 15) is 9.59 Å². The van der Waals surface area contributed by atoms with Crippen molar-refractivity contribution in [1.82, 2.24) is 4.57 Å². The van der Waals surface area contributed by atoms with Crippen LogP contribution in [0.3, 0.4) is 0 Å². The van der Waals surface area contributed by atoms with Crippen LogP contribution in [-0.4, -0.2) is 23.2 Å². The monoisotopic (exact) mass is 361 g/mol. The molecule has 3 aromatic rings. The van der Waals surface area contributed by atoms with Crippen LogP contribution in [-0.2, 0) is 11.3 Å². The second kappa shape index (κ2) is 6.99. The Labute approximate surface area is 157 Å². The fraction of sp³-hybridized carbons (Fsp3) is 0.143. The van der Waals surface area contributed by atoms with Crippen LogP contribution >= 0.6 is 0 Å². The maximum Gasteiger partial charge on any atom is 0.340 e. The predicted molar refractivity (Wildman–Crippen MR) is 103 cm³/mol. The average molecular weight is 361 g/mol. The summed E-state index contributed by atoms with van der Waals surface area (Å²) in [4.78, 5) is 26.9. The van der Waals surface area contributed by atoms with Crippen molar-refractivity contribution in [2.45, 2.75) is 13.5 Å². The van der Waals surface area contributed by atoms with Gasteiger partial charge in [-0.2, -0.15) is 0 Å². The van der Waals surface area contributed by atoms with E-state index in [1.807, 2.05) is 42.6 Å². The number of rotatable bonds is 3. The van der Waals surface area contributed by atoms with Crippen molar-refractivity contribution < 1.29 is 14.3 Å². The highest BCUT2D eigenvalue weighted by Gasteiger charge is 2.26. The molecule has 2 aromatic carbocycles. The number of benzene rings is 2. The first-order valence-corrected chi connectivity index (χ1v) is 8.79. The van der Waals surface area contributed by atoms with Gasteiger partial charge in [0.05, 0.1) is 35.8 Å². The Hall–Kier alpha value is -3.54. The summed E-state index contributed by atoms with van der Waals surface area (Å²) in [6, 6.07) is 18.2. The van der Waals surface area contributed by atoms with Crippen LogP contribution in [0.5, 0.6) is 0 Å². The van der Waals surface area contributed by atoms with Gasteiger partial charge in [0, 0.05) is 11.9 Å². The van der Waals surface area contributed by atoms with E-state index in [1.165, 1.54) is 0 Å². The zero-order valence-electron chi connectivity index (χ0n) is 14.9. The summed E-state index contributed by atoms with van der Waals surface area (Å²) in [5.41, 5.74) is 3.54. The highest BCUT2D eigenvalue weighted by atomic mass is 16.5. The molecule has 1 aliphatic heterocycles. The van der Waals surface area contributed by atoms with Gasteiger partial charge in [-0.3, -0.25) is 4.90 Å². The number of anilines is 2. The molecule has 136 valence electrons. The molecule has 6 heteroatoms. The van der Waals surface area contributed by atoms with Gasteiger partial charge in [-0.1, -0.05) is 24.3 Å². The van der Waals surface area contributed by atoms with E-state index in [0.29, 0.717) is 17.8 Å². The maximum absolute atomic E-state index is 13.0. The minimum Gasteiger partial charge on any atom is -0.462 e. The number of aromatic nitrogens is 1. The minimum atomic E-state index is -0.457. The minimum absolute atomic E-state index is 0.275. The lowest BCUT2D eigenvalue weighted by atomic mass is 10.1. The van der Waals surface area contributed by atoms with Gasteiger partial charge in [-0.25, -0.2) is 9.59 Å². The number of urea groups is 1. The molecule has 6 nitrogen and oxygen atoms in total. The number of hydrogen-bond donors (Lipinski definition) is 1. The van der Waals surface area contributed by atoms with E-state index >= 15 is 0 Å². The summed E-state index contributed by atoms with van der Waals surface area (Å²) < 4.78 is 7.16. The lowest BCUT2D eigenvalue weighted by Crippen LogP contribution is -2.38. The Morgan fingerprint density at radius 2 is 1.74 bits per heavy atom. The van der Waals surface area contributed by atoms with Crippen molar-refractivity contribution in [3.63, 3.8) is 0 Å². The molecule has 0 saturated carbocycles. The molecule has 0 unspecified atom stereocenters. The molecular formula is C21H19N3O3. The number of carbonyl (C=O) groups is 2. The summed E-state index contributed by atoms with van der Waals surface area (Å²) in [5.74, 6) is -0.457. The highest BCUT2D eigenvalue weighted by Crippen LogP contribution is 2.32. The van der Waals surface area contributed by atoms with Crippen LogP contribution in [0.2, 0.25) is 0 Å². The van der Waals surface area contributed by atoms with Gasteiger partial charge >= 0.3 is 12.0 Å². The van der Waals surface area contributed by atoms with Crippen molar-refractivity contribution in [1.29, 1.82) is 0 Å². The van der Waals surface area contributed by atoms with Gasteiger partial charge < -0.3 is 14.6 Å². The molecule has 2 heterocycles.